The van der Waals surface area contributed by atoms with Crippen LogP contribution in [0.15, 0.2) is 138 Å². The summed E-state index contributed by atoms with van der Waals surface area (Å²) in [5.74, 6) is 0. The predicted octanol–water partition coefficient (Wildman–Crippen LogP) is 10.5. The molecule has 0 fully saturated rings. The molecule has 1 aromatic heterocycles. The van der Waals surface area contributed by atoms with Crippen LogP contribution in [-0.4, -0.2) is 0 Å². The minimum Gasteiger partial charge on any atom is -0.454 e. The second-order valence-electron chi connectivity index (χ2n) is 9.84. The molecule has 0 unspecified atom stereocenters. The number of hydrogen-bond donors (Lipinski definition) is 1. The maximum atomic E-state index is 6.45. The summed E-state index contributed by atoms with van der Waals surface area (Å²) in [4.78, 5) is 0. The van der Waals surface area contributed by atoms with Crippen molar-refractivity contribution in [3.05, 3.63) is 133 Å². The first kappa shape index (κ1) is 21.0. The Bertz CT molecular complexity index is 2170. The average Bonchev–Trinajstić information content (AvgIpc) is 3.37. The summed E-state index contributed by atoms with van der Waals surface area (Å²) in [6.45, 7) is 0. The van der Waals surface area contributed by atoms with E-state index in [9.17, 15) is 0 Å². The Morgan fingerprint density at radius 3 is 2.05 bits per heavy atom. The van der Waals surface area contributed by atoms with Gasteiger partial charge >= 0.3 is 0 Å². The molecule has 1 N–H and O–H groups in total. The third-order valence-corrected chi connectivity index (χ3v) is 7.64. The minimum absolute atomic E-state index is 0.876. The molecule has 8 aromatic rings. The summed E-state index contributed by atoms with van der Waals surface area (Å²) in [5, 5.41) is 13.3. The zero-order valence-corrected chi connectivity index (χ0v) is 20.6. The van der Waals surface area contributed by atoms with E-state index in [-0.39, 0.29) is 0 Å². The van der Waals surface area contributed by atoms with Gasteiger partial charge in [0.05, 0.1) is 5.69 Å². The molecule has 0 bridgehead atoms. The summed E-state index contributed by atoms with van der Waals surface area (Å²) >= 11 is 0. The zero-order valence-electron chi connectivity index (χ0n) is 20.6. The molecule has 0 spiro atoms. The van der Waals surface area contributed by atoms with Crippen LogP contribution in [0.25, 0.3) is 65.4 Å². The van der Waals surface area contributed by atoms with Crippen LogP contribution in [0, 0.1) is 0 Å². The first-order valence-corrected chi connectivity index (χ1v) is 12.9. The van der Waals surface area contributed by atoms with Crippen LogP contribution in [0.3, 0.4) is 0 Å². The van der Waals surface area contributed by atoms with Crippen molar-refractivity contribution < 1.29 is 4.42 Å². The van der Waals surface area contributed by atoms with Crippen LogP contribution in [0.1, 0.15) is 0 Å². The molecule has 38 heavy (non-hydrogen) atoms. The highest BCUT2D eigenvalue weighted by atomic mass is 16.3. The van der Waals surface area contributed by atoms with Gasteiger partial charge < -0.3 is 9.73 Å². The van der Waals surface area contributed by atoms with E-state index in [0.717, 1.165) is 27.9 Å². The zero-order chi connectivity index (χ0) is 25.1. The number of fused-ring (bicyclic) bond motifs is 7. The monoisotopic (exact) mass is 485 g/mol. The van der Waals surface area contributed by atoms with Gasteiger partial charge in [0.2, 0.25) is 0 Å². The number of furan rings is 1. The lowest BCUT2D eigenvalue weighted by molar-refractivity contribution is 0.670. The molecule has 1 heterocycles. The summed E-state index contributed by atoms with van der Waals surface area (Å²) in [7, 11) is 0. The number of nitrogens with one attached hydrogen (secondary N) is 1. The quantitative estimate of drug-likeness (QED) is 0.269. The SMILES string of the molecule is c1ccc2cc(-c3cccc4c(Nc5cccc6c5oc5ccc7ccccc7c56)cccc34)ccc2c1. The van der Waals surface area contributed by atoms with E-state index in [0.29, 0.717) is 0 Å². The van der Waals surface area contributed by atoms with E-state index >= 15 is 0 Å². The Morgan fingerprint density at radius 2 is 1.13 bits per heavy atom. The van der Waals surface area contributed by atoms with Crippen molar-refractivity contribution in [2.24, 2.45) is 0 Å². The lowest BCUT2D eigenvalue weighted by Gasteiger charge is -2.13. The summed E-state index contributed by atoms with van der Waals surface area (Å²) < 4.78 is 6.45. The summed E-state index contributed by atoms with van der Waals surface area (Å²) in [5.41, 5.74) is 6.25. The van der Waals surface area contributed by atoms with E-state index in [1.807, 2.05) is 0 Å². The molecule has 0 atom stereocenters. The van der Waals surface area contributed by atoms with Crippen LogP contribution in [-0.2, 0) is 0 Å². The van der Waals surface area contributed by atoms with Crippen LogP contribution < -0.4 is 5.32 Å². The van der Waals surface area contributed by atoms with Crippen molar-refractivity contribution in [2.75, 3.05) is 5.32 Å². The standard InChI is InChI=1S/C36H23NO/c1-2-10-25-22-26(19-18-23(25)8-1)27-12-5-14-30-29(27)13-6-16-32(30)37-33-17-7-15-31-35-28-11-4-3-9-24(28)20-21-34(35)38-36(31)33/h1-22,37H. The largest absolute Gasteiger partial charge is 0.454 e. The van der Waals surface area contributed by atoms with Crippen molar-refractivity contribution in [1.29, 1.82) is 0 Å². The van der Waals surface area contributed by atoms with E-state index < -0.39 is 0 Å². The Labute approximate surface area is 219 Å². The van der Waals surface area contributed by atoms with Gasteiger partial charge in [-0.05, 0) is 62.3 Å². The Hall–Kier alpha value is -5.08. The molecular formula is C36H23NO. The molecular weight excluding hydrogens is 462 g/mol. The number of hydrogen-bond acceptors (Lipinski definition) is 2. The van der Waals surface area contributed by atoms with E-state index in [1.54, 1.807) is 0 Å². The van der Waals surface area contributed by atoms with Gasteiger partial charge in [-0.3, -0.25) is 0 Å². The fourth-order valence-corrected chi connectivity index (χ4v) is 5.84. The average molecular weight is 486 g/mol. The van der Waals surface area contributed by atoms with Gasteiger partial charge in [0.15, 0.2) is 5.58 Å². The van der Waals surface area contributed by atoms with Gasteiger partial charge in [-0.1, -0.05) is 109 Å². The van der Waals surface area contributed by atoms with Crippen molar-refractivity contribution >= 4 is 65.6 Å². The highest BCUT2D eigenvalue weighted by molar-refractivity contribution is 6.20. The van der Waals surface area contributed by atoms with Crippen LogP contribution in [0.4, 0.5) is 11.4 Å². The highest BCUT2D eigenvalue weighted by Crippen LogP contribution is 2.40. The Morgan fingerprint density at radius 1 is 0.447 bits per heavy atom. The molecule has 2 heteroatoms. The van der Waals surface area contributed by atoms with Crippen molar-refractivity contribution in [1.82, 2.24) is 0 Å². The fraction of sp³-hybridized carbons (Fsp3) is 0. The Kier molecular flexibility index (Phi) is 4.55. The van der Waals surface area contributed by atoms with Gasteiger partial charge in [0.1, 0.15) is 5.58 Å². The van der Waals surface area contributed by atoms with E-state index in [1.165, 1.54) is 48.8 Å². The second kappa shape index (κ2) is 8.22. The third-order valence-electron chi connectivity index (χ3n) is 7.64. The molecule has 0 aliphatic rings. The van der Waals surface area contributed by atoms with Gasteiger partial charge in [0, 0.05) is 21.8 Å². The van der Waals surface area contributed by atoms with Gasteiger partial charge in [-0.2, -0.15) is 0 Å². The van der Waals surface area contributed by atoms with Gasteiger partial charge in [-0.25, -0.2) is 0 Å². The molecule has 0 saturated heterocycles. The van der Waals surface area contributed by atoms with E-state index in [4.69, 9.17) is 4.42 Å². The molecule has 7 aromatic carbocycles. The summed E-state index contributed by atoms with van der Waals surface area (Å²) in [6, 6.07) is 47.3. The van der Waals surface area contributed by atoms with Gasteiger partial charge in [-0.15, -0.1) is 0 Å². The fourth-order valence-electron chi connectivity index (χ4n) is 5.84. The first-order chi connectivity index (χ1) is 18.8. The molecule has 178 valence electrons. The minimum atomic E-state index is 0.876. The Balaban J connectivity index is 1.28. The predicted molar refractivity (Wildman–Crippen MR) is 161 cm³/mol. The second-order valence-corrected chi connectivity index (χ2v) is 9.84. The van der Waals surface area contributed by atoms with Gasteiger partial charge in [0.25, 0.3) is 0 Å². The van der Waals surface area contributed by atoms with Crippen LogP contribution in [0.2, 0.25) is 0 Å². The molecule has 0 saturated carbocycles. The number of para-hydroxylation sites is 1. The van der Waals surface area contributed by atoms with Crippen LogP contribution in [0.5, 0.6) is 0 Å². The smallest absolute Gasteiger partial charge is 0.158 e. The van der Waals surface area contributed by atoms with Crippen LogP contribution >= 0.6 is 0 Å². The maximum Gasteiger partial charge on any atom is 0.158 e. The number of benzene rings is 7. The van der Waals surface area contributed by atoms with Crippen molar-refractivity contribution in [3.8, 4) is 11.1 Å². The maximum absolute atomic E-state index is 6.45. The number of anilines is 2. The molecule has 0 radical (unpaired) electrons. The first-order valence-electron chi connectivity index (χ1n) is 12.9. The van der Waals surface area contributed by atoms with Crippen molar-refractivity contribution in [2.45, 2.75) is 0 Å². The molecule has 8 rings (SSSR count). The highest BCUT2D eigenvalue weighted by Gasteiger charge is 2.15. The lowest BCUT2D eigenvalue weighted by atomic mass is 9.95. The van der Waals surface area contributed by atoms with Crippen molar-refractivity contribution in [3.63, 3.8) is 0 Å². The normalized spacial score (nSPS) is 11.7. The summed E-state index contributed by atoms with van der Waals surface area (Å²) in [6.07, 6.45) is 0. The topological polar surface area (TPSA) is 25.2 Å². The molecule has 0 aliphatic heterocycles. The lowest BCUT2D eigenvalue weighted by Crippen LogP contribution is -1.93. The third kappa shape index (κ3) is 3.21. The molecule has 0 amide bonds. The molecule has 2 nitrogen and oxygen atoms in total. The molecule has 0 aliphatic carbocycles. The number of rotatable bonds is 3. The van der Waals surface area contributed by atoms with E-state index in [2.05, 4.69) is 139 Å².